The maximum Gasteiger partial charge on any atom is 0.128 e. The van der Waals surface area contributed by atoms with E-state index in [4.69, 9.17) is 9.84 Å². The van der Waals surface area contributed by atoms with Crippen LogP contribution in [-0.2, 0) is 13.0 Å². The lowest BCUT2D eigenvalue weighted by Gasteiger charge is -2.04. The van der Waals surface area contributed by atoms with E-state index >= 15 is 0 Å². The van der Waals surface area contributed by atoms with Crippen molar-refractivity contribution in [3.05, 3.63) is 29.1 Å². The molecular formula is C9H9FO2. The van der Waals surface area contributed by atoms with Gasteiger partial charge in [-0.25, -0.2) is 4.39 Å². The van der Waals surface area contributed by atoms with Crippen LogP contribution in [0.1, 0.15) is 11.1 Å². The lowest BCUT2D eigenvalue weighted by molar-refractivity contribution is 0.270. The summed E-state index contributed by atoms with van der Waals surface area (Å²) in [6.45, 7) is 0.422. The number of benzene rings is 1. The molecule has 2 rings (SSSR count). The Hall–Kier alpha value is -1.09. The van der Waals surface area contributed by atoms with Gasteiger partial charge in [-0.2, -0.15) is 0 Å². The molecule has 3 heteroatoms. The van der Waals surface area contributed by atoms with Crippen molar-refractivity contribution < 1.29 is 14.2 Å². The van der Waals surface area contributed by atoms with Crippen molar-refractivity contribution in [1.29, 1.82) is 0 Å². The molecule has 12 heavy (non-hydrogen) atoms. The summed E-state index contributed by atoms with van der Waals surface area (Å²) in [6.07, 6.45) is 0.736. The number of halogens is 1. The van der Waals surface area contributed by atoms with Gasteiger partial charge in [0.25, 0.3) is 0 Å². The molecule has 0 aliphatic carbocycles. The lowest BCUT2D eigenvalue weighted by atomic mass is 10.1. The Balaban J connectivity index is 2.55. The summed E-state index contributed by atoms with van der Waals surface area (Å²) >= 11 is 0. The minimum atomic E-state index is -0.302. The van der Waals surface area contributed by atoms with Crippen molar-refractivity contribution in [2.24, 2.45) is 0 Å². The maximum absolute atomic E-state index is 12.8. The van der Waals surface area contributed by atoms with E-state index < -0.39 is 0 Å². The zero-order chi connectivity index (χ0) is 8.55. The van der Waals surface area contributed by atoms with Crippen LogP contribution in [0.3, 0.4) is 0 Å². The van der Waals surface area contributed by atoms with E-state index in [1.54, 1.807) is 0 Å². The Morgan fingerprint density at radius 3 is 3.08 bits per heavy atom. The van der Waals surface area contributed by atoms with Crippen LogP contribution in [-0.4, -0.2) is 11.7 Å². The molecule has 0 bridgehead atoms. The van der Waals surface area contributed by atoms with E-state index in [2.05, 4.69) is 0 Å². The standard InChI is InChI=1S/C9H9FO2/c10-8-3-6-1-2-12-9(6)7(4-8)5-11/h3-4,11H,1-2,5H2. The molecule has 1 aromatic carbocycles. The van der Waals surface area contributed by atoms with Crippen LogP contribution >= 0.6 is 0 Å². The first-order valence-electron chi connectivity index (χ1n) is 3.86. The monoisotopic (exact) mass is 168 g/mol. The van der Waals surface area contributed by atoms with Gasteiger partial charge in [0, 0.05) is 17.5 Å². The number of fused-ring (bicyclic) bond motifs is 1. The van der Waals surface area contributed by atoms with Gasteiger partial charge in [0.1, 0.15) is 11.6 Å². The third kappa shape index (κ3) is 1.06. The van der Waals surface area contributed by atoms with Crippen molar-refractivity contribution >= 4 is 0 Å². The molecule has 1 aromatic rings. The fourth-order valence-electron chi connectivity index (χ4n) is 1.46. The molecule has 1 heterocycles. The van der Waals surface area contributed by atoms with Crippen LogP contribution in [0.4, 0.5) is 4.39 Å². The lowest BCUT2D eigenvalue weighted by Crippen LogP contribution is -1.92. The smallest absolute Gasteiger partial charge is 0.128 e. The third-order valence-electron chi connectivity index (χ3n) is 2.00. The van der Waals surface area contributed by atoms with E-state index in [9.17, 15) is 4.39 Å². The summed E-state index contributed by atoms with van der Waals surface area (Å²) in [5.41, 5.74) is 1.40. The zero-order valence-electron chi connectivity index (χ0n) is 6.51. The first kappa shape index (κ1) is 7.55. The SMILES string of the molecule is OCc1cc(F)cc2c1OCC2. The van der Waals surface area contributed by atoms with E-state index in [0.717, 1.165) is 12.0 Å². The molecule has 0 aromatic heterocycles. The number of aliphatic hydroxyl groups is 1. The summed E-state index contributed by atoms with van der Waals surface area (Å²) in [5.74, 6) is 0.363. The molecule has 1 aliphatic rings. The van der Waals surface area contributed by atoms with E-state index in [1.165, 1.54) is 12.1 Å². The summed E-state index contributed by atoms with van der Waals surface area (Å²) in [6, 6.07) is 2.77. The fraction of sp³-hybridized carbons (Fsp3) is 0.333. The molecule has 0 unspecified atom stereocenters. The maximum atomic E-state index is 12.8. The molecule has 0 radical (unpaired) electrons. The Kier molecular flexibility index (Phi) is 1.73. The van der Waals surface area contributed by atoms with Crippen molar-refractivity contribution in [2.75, 3.05) is 6.61 Å². The van der Waals surface area contributed by atoms with Gasteiger partial charge in [-0.05, 0) is 12.1 Å². The minimum Gasteiger partial charge on any atom is -0.493 e. The minimum absolute atomic E-state index is 0.167. The first-order valence-corrected chi connectivity index (χ1v) is 3.86. The molecule has 64 valence electrons. The Bertz CT molecular complexity index is 310. The van der Waals surface area contributed by atoms with Gasteiger partial charge >= 0.3 is 0 Å². The predicted molar refractivity (Wildman–Crippen MR) is 41.5 cm³/mol. The molecule has 0 amide bonds. The second-order valence-corrected chi connectivity index (χ2v) is 2.81. The normalized spacial score (nSPS) is 14.2. The highest BCUT2D eigenvalue weighted by Gasteiger charge is 2.16. The van der Waals surface area contributed by atoms with Gasteiger partial charge in [-0.15, -0.1) is 0 Å². The molecule has 2 nitrogen and oxygen atoms in total. The highest BCUT2D eigenvalue weighted by Crippen LogP contribution is 2.30. The van der Waals surface area contributed by atoms with E-state index in [0.29, 0.717) is 17.9 Å². The van der Waals surface area contributed by atoms with Gasteiger partial charge < -0.3 is 9.84 Å². The summed E-state index contributed by atoms with van der Waals surface area (Å²) in [7, 11) is 0. The highest BCUT2D eigenvalue weighted by atomic mass is 19.1. The summed E-state index contributed by atoms with van der Waals surface area (Å²) < 4.78 is 18.1. The molecule has 0 atom stereocenters. The zero-order valence-corrected chi connectivity index (χ0v) is 6.51. The molecule has 0 saturated heterocycles. The number of aliphatic hydroxyl groups excluding tert-OH is 1. The van der Waals surface area contributed by atoms with Gasteiger partial charge in [0.2, 0.25) is 0 Å². The van der Waals surface area contributed by atoms with Crippen molar-refractivity contribution in [3.63, 3.8) is 0 Å². The molecular weight excluding hydrogens is 159 g/mol. The highest BCUT2D eigenvalue weighted by molar-refractivity contribution is 5.44. The van der Waals surface area contributed by atoms with Crippen molar-refractivity contribution in [2.45, 2.75) is 13.0 Å². The predicted octanol–water partition coefficient (Wildman–Crippen LogP) is 1.25. The van der Waals surface area contributed by atoms with Crippen LogP contribution in [0.25, 0.3) is 0 Å². The van der Waals surface area contributed by atoms with Crippen LogP contribution < -0.4 is 4.74 Å². The Labute approximate surface area is 69.6 Å². The van der Waals surface area contributed by atoms with Gasteiger partial charge in [0.05, 0.1) is 13.2 Å². The summed E-state index contributed by atoms with van der Waals surface area (Å²) in [5, 5.41) is 8.88. The molecule has 0 saturated carbocycles. The number of ether oxygens (including phenoxy) is 1. The molecule has 0 fully saturated rings. The quantitative estimate of drug-likeness (QED) is 0.683. The number of hydrogen-bond donors (Lipinski definition) is 1. The van der Waals surface area contributed by atoms with Gasteiger partial charge in [-0.3, -0.25) is 0 Å². The third-order valence-corrected chi connectivity index (χ3v) is 2.00. The average Bonchev–Trinajstić information content (AvgIpc) is 2.50. The van der Waals surface area contributed by atoms with Crippen molar-refractivity contribution in [1.82, 2.24) is 0 Å². The molecule has 0 spiro atoms. The summed E-state index contributed by atoms with van der Waals surface area (Å²) in [4.78, 5) is 0. The molecule has 1 aliphatic heterocycles. The largest absolute Gasteiger partial charge is 0.493 e. The van der Waals surface area contributed by atoms with E-state index in [-0.39, 0.29) is 12.4 Å². The number of rotatable bonds is 1. The van der Waals surface area contributed by atoms with Gasteiger partial charge in [-0.1, -0.05) is 0 Å². The van der Waals surface area contributed by atoms with Crippen LogP contribution in [0.5, 0.6) is 5.75 Å². The van der Waals surface area contributed by atoms with Crippen LogP contribution in [0.2, 0.25) is 0 Å². The Morgan fingerprint density at radius 1 is 1.50 bits per heavy atom. The van der Waals surface area contributed by atoms with Crippen LogP contribution in [0.15, 0.2) is 12.1 Å². The average molecular weight is 168 g/mol. The molecule has 1 N–H and O–H groups in total. The van der Waals surface area contributed by atoms with E-state index in [1.807, 2.05) is 0 Å². The number of hydrogen-bond acceptors (Lipinski definition) is 2. The second kappa shape index (κ2) is 2.75. The van der Waals surface area contributed by atoms with Gasteiger partial charge in [0.15, 0.2) is 0 Å². The topological polar surface area (TPSA) is 29.5 Å². The second-order valence-electron chi connectivity index (χ2n) is 2.81. The van der Waals surface area contributed by atoms with Crippen molar-refractivity contribution in [3.8, 4) is 5.75 Å². The fourth-order valence-corrected chi connectivity index (χ4v) is 1.46. The van der Waals surface area contributed by atoms with Crippen LogP contribution in [0, 0.1) is 5.82 Å². The first-order chi connectivity index (χ1) is 5.81. The Morgan fingerprint density at radius 2 is 2.33 bits per heavy atom.